The van der Waals surface area contributed by atoms with E-state index in [-0.39, 0.29) is 18.2 Å². The van der Waals surface area contributed by atoms with Crippen molar-refractivity contribution in [3.05, 3.63) is 34.6 Å². The van der Waals surface area contributed by atoms with Gasteiger partial charge in [-0.2, -0.15) is 4.98 Å². The Labute approximate surface area is 108 Å². The number of nitrogens with two attached hydrogens (primary N) is 1. The quantitative estimate of drug-likeness (QED) is 0.785. The van der Waals surface area contributed by atoms with Crippen molar-refractivity contribution in [2.75, 3.05) is 6.61 Å². The molecule has 0 aliphatic rings. The fourth-order valence-corrected chi connectivity index (χ4v) is 1.56. The second-order valence-corrected chi connectivity index (χ2v) is 4.03. The van der Waals surface area contributed by atoms with Crippen LogP contribution in [0.15, 0.2) is 29.1 Å². The molecule has 0 saturated carbocycles. The Balaban J connectivity index is 2.36. The standard InChI is InChI=1S/C12H13N3O4/c1-15-10(16)7-4-2-3-5-9(7)14-12(15)19-6-8(13)11(17)18/h2-5,8H,6,13H2,1H3,(H,17,18). The molecule has 0 saturated heterocycles. The van der Waals surface area contributed by atoms with E-state index in [9.17, 15) is 9.59 Å². The van der Waals surface area contributed by atoms with E-state index >= 15 is 0 Å². The number of nitrogens with zero attached hydrogens (tertiary/aromatic N) is 2. The lowest BCUT2D eigenvalue weighted by atomic mass is 10.2. The monoisotopic (exact) mass is 263 g/mol. The van der Waals surface area contributed by atoms with Crippen LogP contribution in [0.3, 0.4) is 0 Å². The number of ether oxygens (including phenoxy) is 1. The third-order valence-corrected chi connectivity index (χ3v) is 2.65. The largest absolute Gasteiger partial charge is 0.480 e. The molecule has 1 unspecified atom stereocenters. The minimum absolute atomic E-state index is 0.0420. The number of carboxylic acid groups (broad SMARTS) is 1. The summed E-state index contributed by atoms with van der Waals surface area (Å²) < 4.78 is 6.41. The Hall–Kier alpha value is -2.41. The number of para-hydroxylation sites is 1. The first kappa shape index (κ1) is 13.0. The van der Waals surface area contributed by atoms with Gasteiger partial charge in [0.2, 0.25) is 0 Å². The summed E-state index contributed by atoms with van der Waals surface area (Å²) in [5.41, 5.74) is 5.56. The average molecular weight is 263 g/mol. The van der Waals surface area contributed by atoms with Gasteiger partial charge in [0.05, 0.1) is 10.9 Å². The SMILES string of the molecule is Cn1c(OCC(N)C(=O)O)nc2ccccc2c1=O. The second kappa shape index (κ2) is 5.07. The number of fused-ring (bicyclic) bond motifs is 1. The van der Waals surface area contributed by atoms with Gasteiger partial charge in [0.25, 0.3) is 11.6 Å². The number of aromatic nitrogens is 2. The van der Waals surface area contributed by atoms with E-state index in [0.717, 1.165) is 0 Å². The highest BCUT2D eigenvalue weighted by molar-refractivity contribution is 5.77. The van der Waals surface area contributed by atoms with E-state index in [1.54, 1.807) is 24.3 Å². The number of carbonyl (C=O) groups is 1. The zero-order valence-corrected chi connectivity index (χ0v) is 10.2. The van der Waals surface area contributed by atoms with Crippen molar-refractivity contribution >= 4 is 16.9 Å². The molecule has 2 aromatic rings. The van der Waals surface area contributed by atoms with Crippen LogP contribution in [0.5, 0.6) is 6.01 Å². The fourth-order valence-electron chi connectivity index (χ4n) is 1.56. The summed E-state index contributed by atoms with van der Waals surface area (Å²) in [5, 5.41) is 9.13. The minimum Gasteiger partial charge on any atom is -0.480 e. The number of carboxylic acids is 1. The number of aliphatic carboxylic acids is 1. The van der Waals surface area contributed by atoms with Crippen molar-refractivity contribution in [1.29, 1.82) is 0 Å². The number of hydrogen-bond acceptors (Lipinski definition) is 5. The Morgan fingerprint density at radius 2 is 2.21 bits per heavy atom. The first-order chi connectivity index (χ1) is 9.00. The van der Waals surface area contributed by atoms with E-state index in [1.165, 1.54) is 11.6 Å². The van der Waals surface area contributed by atoms with Gasteiger partial charge in [-0.25, -0.2) is 0 Å². The maximum absolute atomic E-state index is 12.0. The van der Waals surface area contributed by atoms with Crippen molar-refractivity contribution in [3.63, 3.8) is 0 Å². The number of rotatable bonds is 4. The first-order valence-electron chi connectivity index (χ1n) is 5.57. The van der Waals surface area contributed by atoms with Gasteiger partial charge in [-0.1, -0.05) is 12.1 Å². The van der Waals surface area contributed by atoms with Crippen molar-refractivity contribution in [3.8, 4) is 6.01 Å². The van der Waals surface area contributed by atoms with Gasteiger partial charge in [-0.3, -0.25) is 14.2 Å². The molecular weight excluding hydrogens is 250 g/mol. The zero-order chi connectivity index (χ0) is 14.0. The van der Waals surface area contributed by atoms with E-state index in [0.29, 0.717) is 10.9 Å². The zero-order valence-electron chi connectivity index (χ0n) is 10.2. The van der Waals surface area contributed by atoms with E-state index < -0.39 is 12.0 Å². The molecule has 19 heavy (non-hydrogen) atoms. The molecule has 1 aromatic carbocycles. The maximum atomic E-state index is 12.0. The molecule has 1 aromatic heterocycles. The van der Waals surface area contributed by atoms with Gasteiger partial charge >= 0.3 is 5.97 Å². The summed E-state index contributed by atoms with van der Waals surface area (Å²) >= 11 is 0. The molecule has 3 N–H and O–H groups in total. The third kappa shape index (κ3) is 2.55. The van der Waals surface area contributed by atoms with Crippen LogP contribution < -0.4 is 16.0 Å². The normalized spacial score (nSPS) is 12.3. The fraction of sp³-hybridized carbons (Fsp3) is 0.250. The smallest absolute Gasteiger partial charge is 0.324 e. The molecule has 0 amide bonds. The minimum atomic E-state index is -1.18. The first-order valence-corrected chi connectivity index (χ1v) is 5.57. The van der Waals surface area contributed by atoms with Crippen LogP contribution in [0.25, 0.3) is 10.9 Å². The highest BCUT2D eigenvalue weighted by Gasteiger charge is 2.14. The summed E-state index contributed by atoms with van der Waals surface area (Å²) in [6.45, 7) is -0.256. The predicted octanol–water partition coefficient (Wildman–Crippen LogP) is -0.276. The molecule has 1 heterocycles. The van der Waals surface area contributed by atoms with E-state index in [1.807, 2.05) is 0 Å². The van der Waals surface area contributed by atoms with Crippen LogP contribution in [0.1, 0.15) is 0 Å². The highest BCUT2D eigenvalue weighted by atomic mass is 16.5. The summed E-state index contributed by atoms with van der Waals surface area (Å²) in [4.78, 5) is 26.8. The van der Waals surface area contributed by atoms with Gasteiger partial charge < -0.3 is 15.6 Å². The number of benzene rings is 1. The van der Waals surface area contributed by atoms with Crippen LogP contribution in [-0.4, -0.2) is 33.3 Å². The predicted molar refractivity (Wildman–Crippen MR) is 68.1 cm³/mol. The van der Waals surface area contributed by atoms with Crippen molar-refractivity contribution in [2.24, 2.45) is 12.8 Å². The third-order valence-electron chi connectivity index (χ3n) is 2.65. The Morgan fingerprint density at radius 1 is 1.53 bits per heavy atom. The molecule has 0 radical (unpaired) electrons. The Bertz CT molecular complexity index is 680. The maximum Gasteiger partial charge on any atom is 0.324 e. The molecule has 100 valence electrons. The number of hydrogen-bond donors (Lipinski definition) is 2. The van der Waals surface area contributed by atoms with Crippen molar-refractivity contribution in [2.45, 2.75) is 6.04 Å². The lowest BCUT2D eigenvalue weighted by molar-refractivity contribution is -0.139. The molecule has 0 aliphatic heterocycles. The van der Waals surface area contributed by atoms with Crippen LogP contribution in [0.4, 0.5) is 0 Å². The highest BCUT2D eigenvalue weighted by Crippen LogP contribution is 2.11. The van der Waals surface area contributed by atoms with E-state index in [2.05, 4.69) is 4.98 Å². The van der Waals surface area contributed by atoms with Crippen molar-refractivity contribution < 1.29 is 14.6 Å². The summed E-state index contributed by atoms with van der Waals surface area (Å²) in [5.74, 6) is -1.18. The summed E-state index contributed by atoms with van der Waals surface area (Å²) in [6, 6.07) is 5.72. The summed E-state index contributed by atoms with van der Waals surface area (Å²) in [7, 11) is 1.50. The average Bonchev–Trinajstić information content (AvgIpc) is 2.40. The van der Waals surface area contributed by atoms with Gasteiger partial charge in [0.1, 0.15) is 12.6 Å². The van der Waals surface area contributed by atoms with E-state index in [4.69, 9.17) is 15.6 Å². The molecule has 1 atom stereocenters. The Morgan fingerprint density at radius 3 is 2.89 bits per heavy atom. The Kier molecular flexibility index (Phi) is 3.48. The van der Waals surface area contributed by atoms with Gasteiger partial charge in [-0.05, 0) is 12.1 Å². The molecule has 0 spiro atoms. The van der Waals surface area contributed by atoms with Crippen LogP contribution in [0, 0.1) is 0 Å². The summed E-state index contributed by atoms with van der Waals surface area (Å²) in [6.07, 6.45) is 0. The van der Waals surface area contributed by atoms with Gasteiger partial charge in [-0.15, -0.1) is 0 Å². The van der Waals surface area contributed by atoms with Gasteiger partial charge in [0, 0.05) is 7.05 Å². The van der Waals surface area contributed by atoms with Crippen LogP contribution >= 0.6 is 0 Å². The van der Waals surface area contributed by atoms with Crippen LogP contribution in [-0.2, 0) is 11.8 Å². The lowest BCUT2D eigenvalue weighted by Gasteiger charge is -2.12. The van der Waals surface area contributed by atoms with Crippen LogP contribution in [0.2, 0.25) is 0 Å². The second-order valence-electron chi connectivity index (χ2n) is 4.03. The molecule has 7 nitrogen and oxygen atoms in total. The molecule has 0 bridgehead atoms. The topological polar surface area (TPSA) is 107 Å². The lowest BCUT2D eigenvalue weighted by Crippen LogP contribution is -2.37. The molecular formula is C12H13N3O4. The van der Waals surface area contributed by atoms with Gasteiger partial charge in [0.15, 0.2) is 0 Å². The molecule has 7 heteroatoms. The molecule has 0 aliphatic carbocycles. The molecule has 0 fully saturated rings. The van der Waals surface area contributed by atoms with Crippen molar-refractivity contribution in [1.82, 2.24) is 9.55 Å². The molecule has 2 rings (SSSR count).